The average Bonchev–Trinajstić information content (AvgIpc) is 2.45. The van der Waals surface area contributed by atoms with Crippen LogP contribution in [0.15, 0.2) is 23.0 Å². The molecular formula is C13H10F3N3O4S. The predicted octanol–water partition coefficient (Wildman–Crippen LogP) is 2.85. The second-order valence-corrected chi connectivity index (χ2v) is 5.26. The highest BCUT2D eigenvalue weighted by molar-refractivity contribution is 7.71. The fourth-order valence-corrected chi connectivity index (χ4v) is 2.44. The molecule has 2 aromatic rings. The van der Waals surface area contributed by atoms with Crippen LogP contribution >= 0.6 is 12.2 Å². The van der Waals surface area contributed by atoms with Gasteiger partial charge in [-0.25, -0.2) is 4.57 Å². The Labute approximate surface area is 137 Å². The van der Waals surface area contributed by atoms with Crippen molar-refractivity contribution in [3.8, 4) is 11.4 Å². The van der Waals surface area contributed by atoms with Crippen molar-refractivity contribution in [2.24, 2.45) is 7.05 Å². The second-order valence-electron chi connectivity index (χ2n) is 4.90. The van der Waals surface area contributed by atoms with Crippen molar-refractivity contribution in [1.29, 1.82) is 0 Å². The lowest BCUT2D eigenvalue weighted by atomic mass is 10.1. The summed E-state index contributed by atoms with van der Waals surface area (Å²) in [6.45, 7) is 1.40. The molecular weight excluding hydrogens is 351 g/mol. The van der Waals surface area contributed by atoms with E-state index in [1.807, 2.05) is 0 Å². The summed E-state index contributed by atoms with van der Waals surface area (Å²) in [6.07, 6.45) is -4.82. The van der Waals surface area contributed by atoms with E-state index in [1.165, 1.54) is 13.0 Å². The van der Waals surface area contributed by atoms with Crippen molar-refractivity contribution in [3.63, 3.8) is 0 Å². The molecule has 0 aliphatic rings. The molecule has 24 heavy (non-hydrogen) atoms. The van der Waals surface area contributed by atoms with Crippen LogP contribution in [0.3, 0.4) is 0 Å². The number of aromatic hydroxyl groups is 1. The van der Waals surface area contributed by atoms with Gasteiger partial charge >= 0.3 is 11.9 Å². The number of benzene rings is 1. The van der Waals surface area contributed by atoms with Gasteiger partial charge in [-0.05, 0) is 30.8 Å². The third-order valence-corrected chi connectivity index (χ3v) is 3.82. The summed E-state index contributed by atoms with van der Waals surface area (Å²) >= 11 is 4.86. The number of aryl methyl sites for hydroxylation is 1. The second kappa shape index (κ2) is 5.74. The van der Waals surface area contributed by atoms with Gasteiger partial charge in [0.1, 0.15) is 11.4 Å². The minimum atomic E-state index is -4.82. The van der Waals surface area contributed by atoms with Crippen LogP contribution in [0.1, 0.15) is 11.3 Å². The summed E-state index contributed by atoms with van der Waals surface area (Å²) in [7, 11) is 0.987. The Bertz CT molecular complexity index is 963. The number of halogens is 3. The molecule has 0 spiro atoms. The number of alkyl halides is 3. The average molecular weight is 361 g/mol. The fourth-order valence-electron chi connectivity index (χ4n) is 2.15. The van der Waals surface area contributed by atoms with Crippen LogP contribution in [-0.2, 0) is 13.2 Å². The maximum Gasteiger partial charge on any atom is 0.431 e. The smallest absolute Gasteiger partial charge is 0.431 e. The van der Waals surface area contributed by atoms with Crippen LogP contribution < -0.4 is 5.56 Å². The summed E-state index contributed by atoms with van der Waals surface area (Å²) < 4.78 is 39.2. The SMILES string of the molecule is Cc1ccc(-n2c(=O)cc(C(F)(F)F)n(C)c2=S)c([N+](=O)[O-])c1O. The molecule has 0 aliphatic carbocycles. The first-order valence-corrected chi connectivity index (χ1v) is 6.75. The Kier molecular flexibility index (Phi) is 4.23. The zero-order valence-electron chi connectivity index (χ0n) is 12.3. The van der Waals surface area contributed by atoms with Gasteiger partial charge in [0, 0.05) is 13.1 Å². The maximum absolute atomic E-state index is 12.9. The molecule has 1 aromatic carbocycles. The van der Waals surface area contributed by atoms with Gasteiger partial charge in [0.25, 0.3) is 5.56 Å². The van der Waals surface area contributed by atoms with Crippen molar-refractivity contribution < 1.29 is 23.2 Å². The summed E-state index contributed by atoms with van der Waals surface area (Å²) in [4.78, 5) is 22.4. The van der Waals surface area contributed by atoms with Gasteiger partial charge in [-0.2, -0.15) is 13.2 Å². The minimum Gasteiger partial charge on any atom is -0.502 e. The molecule has 1 heterocycles. The van der Waals surface area contributed by atoms with Gasteiger partial charge in [0.05, 0.1) is 4.92 Å². The van der Waals surface area contributed by atoms with Gasteiger partial charge < -0.3 is 9.67 Å². The Balaban J connectivity index is 2.94. The Hall–Kier alpha value is -2.69. The molecule has 0 atom stereocenters. The lowest BCUT2D eigenvalue weighted by Gasteiger charge is -2.16. The molecule has 0 fully saturated rings. The third-order valence-electron chi connectivity index (χ3n) is 3.37. The summed E-state index contributed by atoms with van der Waals surface area (Å²) in [5.74, 6) is -0.693. The van der Waals surface area contributed by atoms with E-state index in [-0.39, 0.29) is 11.6 Å². The normalized spacial score (nSPS) is 11.5. The van der Waals surface area contributed by atoms with Gasteiger partial charge in [0.15, 0.2) is 10.5 Å². The number of nitrogens with zero attached hydrogens (tertiary/aromatic N) is 3. The van der Waals surface area contributed by atoms with E-state index in [2.05, 4.69) is 0 Å². The molecule has 0 radical (unpaired) electrons. The Morgan fingerprint density at radius 2 is 1.92 bits per heavy atom. The number of hydrogen-bond acceptors (Lipinski definition) is 5. The first-order valence-electron chi connectivity index (χ1n) is 6.34. The largest absolute Gasteiger partial charge is 0.502 e. The van der Waals surface area contributed by atoms with E-state index < -0.39 is 44.2 Å². The monoisotopic (exact) mass is 361 g/mol. The quantitative estimate of drug-likeness (QED) is 0.505. The van der Waals surface area contributed by atoms with Gasteiger partial charge in [-0.1, -0.05) is 6.07 Å². The van der Waals surface area contributed by atoms with E-state index >= 15 is 0 Å². The lowest BCUT2D eigenvalue weighted by molar-refractivity contribution is -0.385. The number of aromatic nitrogens is 2. The predicted molar refractivity (Wildman–Crippen MR) is 79.9 cm³/mol. The van der Waals surface area contributed by atoms with E-state index in [0.717, 1.165) is 13.1 Å². The topological polar surface area (TPSA) is 90.3 Å². The fraction of sp³-hybridized carbons (Fsp3) is 0.231. The molecule has 1 aromatic heterocycles. The highest BCUT2D eigenvalue weighted by Crippen LogP contribution is 2.35. The van der Waals surface area contributed by atoms with Crippen molar-refractivity contribution in [1.82, 2.24) is 9.13 Å². The van der Waals surface area contributed by atoms with Crippen molar-refractivity contribution in [2.45, 2.75) is 13.1 Å². The Morgan fingerprint density at radius 1 is 1.33 bits per heavy atom. The molecule has 2 rings (SSSR count). The number of nitro groups is 1. The number of phenolic OH excluding ortho intramolecular Hbond substituents is 1. The van der Waals surface area contributed by atoms with Crippen LogP contribution in [0.5, 0.6) is 5.75 Å². The molecule has 0 bridgehead atoms. The first kappa shape index (κ1) is 17.7. The molecule has 11 heteroatoms. The van der Waals surface area contributed by atoms with E-state index in [1.54, 1.807) is 0 Å². The maximum atomic E-state index is 12.9. The van der Waals surface area contributed by atoms with Gasteiger partial charge in [-0.15, -0.1) is 0 Å². The number of hydrogen-bond donors (Lipinski definition) is 1. The molecule has 0 amide bonds. The van der Waals surface area contributed by atoms with Gasteiger partial charge in [0.2, 0.25) is 0 Å². The number of nitro benzene ring substituents is 1. The zero-order valence-corrected chi connectivity index (χ0v) is 13.1. The molecule has 1 N–H and O–H groups in total. The number of rotatable bonds is 2. The molecule has 0 aliphatic heterocycles. The lowest BCUT2D eigenvalue weighted by Crippen LogP contribution is -2.28. The number of phenols is 1. The van der Waals surface area contributed by atoms with Crippen LogP contribution in [0.4, 0.5) is 18.9 Å². The van der Waals surface area contributed by atoms with E-state index in [0.29, 0.717) is 9.13 Å². The van der Waals surface area contributed by atoms with E-state index in [9.17, 15) is 33.2 Å². The first-order chi connectivity index (χ1) is 11.0. The molecule has 128 valence electrons. The van der Waals surface area contributed by atoms with Gasteiger partial charge in [-0.3, -0.25) is 14.9 Å². The van der Waals surface area contributed by atoms with Crippen LogP contribution in [-0.4, -0.2) is 19.2 Å². The summed E-state index contributed by atoms with van der Waals surface area (Å²) in [6, 6.07) is 2.71. The highest BCUT2D eigenvalue weighted by atomic mass is 32.1. The summed E-state index contributed by atoms with van der Waals surface area (Å²) in [5.41, 5.74) is -3.55. The molecule has 0 saturated carbocycles. The summed E-state index contributed by atoms with van der Waals surface area (Å²) in [5, 5.41) is 21.1. The molecule has 0 saturated heterocycles. The van der Waals surface area contributed by atoms with Crippen molar-refractivity contribution >= 4 is 17.9 Å². The standard InChI is InChI=1S/C13H10F3N3O4S/c1-6-3-4-7(10(11(6)21)19(22)23)18-9(20)5-8(13(14,15)16)17(2)12(18)24/h3-5,21H,1-2H3. The van der Waals surface area contributed by atoms with Crippen LogP contribution in [0.2, 0.25) is 0 Å². The molecule has 7 nitrogen and oxygen atoms in total. The van der Waals surface area contributed by atoms with Crippen LogP contribution in [0.25, 0.3) is 5.69 Å². The van der Waals surface area contributed by atoms with E-state index in [4.69, 9.17) is 12.2 Å². The Morgan fingerprint density at radius 3 is 2.42 bits per heavy atom. The minimum absolute atomic E-state index is 0.167. The van der Waals surface area contributed by atoms with Crippen molar-refractivity contribution in [2.75, 3.05) is 0 Å². The molecule has 0 unspecified atom stereocenters. The third kappa shape index (κ3) is 2.77. The zero-order chi connectivity index (χ0) is 18.4. The van der Waals surface area contributed by atoms with Crippen LogP contribution in [0, 0.1) is 21.8 Å². The highest BCUT2D eigenvalue weighted by Gasteiger charge is 2.35. The van der Waals surface area contributed by atoms with Crippen molar-refractivity contribution in [3.05, 3.63) is 54.7 Å².